The van der Waals surface area contributed by atoms with E-state index in [4.69, 9.17) is 12.2 Å². The van der Waals surface area contributed by atoms with Crippen LogP contribution in [0.1, 0.15) is 38.3 Å². The number of hydrogen-bond acceptors (Lipinski definition) is 1. The number of fused-ring (bicyclic) bond motifs is 1. The van der Waals surface area contributed by atoms with Crippen LogP contribution in [0.3, 0.4) is 0 Å². The van der Waals surface area contributed by atoms with Crippen LogP contribution in [-0.4, -0.2) is 10.7 Å². The Morgan fingerprint density at radius 1 is 0.821 bits per heavy atom. The predicted octanol–water partition coefficient (Wildman–Crippen LogP) is 6.38. The van der Waals surface area contributed by atoms with Gasteiger partial charge in [0.15, 0.2) is 5.11 Å². The molecule has 4 rings (SSSR count). The van der Waals surface area contributed by atoms with Gasteiger partial charge >= 0.3 is 0 Å². The third kappa shape index (κ3) is 3.20. The summed E-state index contributed by atoms with van der Waals surface area (Å²) in [5.41, 5.74) is 4.64. The lowest BCUT2D eigenvalue weighted by atomic mass is 9.65. The van der Waals surface area contributed by atoms with Gasteiger partial charge in [-0.1, -0.05) is 73.7 Å². The molecule has 3 aromatic rings. The number of rotatable bonds is 2. The molecular formula is C25H26N2S. The summed E-state index contributed by atoms with van der Waals surface area (Å²) in [7, 11) is 0. The average Bonchev–Trinajstić information content (AvgIpc) is 2.69. The third-order valence-corrected chi connectivity index (χ3v) is 6.05. The Kier molecular flexibility index (Phi) is 4.72. The summed E-state index contributed by atoms with van der Waals surface area (Å²) < 4.78 is 0. The largest absolute Gasteiger partial charge is 0.332 e. The van der Waals surface area contributed by atoms with Gasteiger partial charge in [-0.3, -0.25) is 0 Å². The fraction of sp³-hybridized carbons (Fsp3) is 0.240. The molecule has 0 unspecified atom stereocenters. The molecule has 142 valence electrons. The second kappa shape index (κ2) is 7.06. The second-order valence-electron chi connectivity index (χ2n) is 8.34. The molecule has 1 aliphatic rings. The number of nitrogens with one attached hydrogen (secondary N) is 1. The summed E-state index contributed by atoms with van der Waals surface area (Å²) in [5, 5.41) is 4.17. The van der Waals surface area contributed by atoms with Crippen molar-refractivity contribution in [3.63, 3.8) is 0 Å². The van der Waals surface area contributed by atoms with Crippen LogP contribution in [0.4, 0.5) is 11.4 Å². The summed E-state index contributed by atoms with van der Waals surface area (Å²) >= 11 is 5.89. The molecule has 0 bridgehead atoms. The highest BCUT2D eigenvalue weighted by Crippen LogP contribution is 2.50. The van der Waals surface area contributed by atoms with E-state index in [2.05, 4.69) is 85.6 Å². The number of nitrogens with zero attached hydrogens (tertiary/aromatic N) is 1. The first-order valence-corrected chi connectivity index (χ1v) is 10.1. The van der Waals surface area contributed by atoms with Crippen LogP contribution >= 0.6 is 12.2 Å². The predicted molar refractivity (Wildman–Crippen MR) is 123 cm³/mol. The van der Waals surface area contributed by atoms with Crippen LogP contribution in [-0.2, 0) is 5.41 Å². The van der Waals surface area contributed by atoms with Crippen LogP contribution in [0.25, 0.3) is 0 Å². The minimum absolute atomic E-state index is 0.0692. The Balaban J connectivity index is 1.80. The smallest absolute Gasteiger partial charge is 0.178 e. The van der Waals surface area contributed by atoms with Crippen molar-refractivity contribution in [1.29, 1.82) is 0 Å². The maximum atomic E-state index is 5.89. The molecular weight excluding hydrogens is 360 g/mol. The zero-order valence-electron chi connectivity index (χ0n) is 16.6. The lowest BCUT2D eigenvalue weighted by Crippen LogP contribution is -2.57. The van der Waals surface area contributed by atoms with E-state index in [1.165, 1.54) is 16.8 Å². The van der Waals surface area contributed by atoms with E-state index < -0.39 is 0 Å². The first-order chi connectivity index (χ1) is 13.4. The lowest BCUT2D eigenvalue weighted by Gasteiger charge is -2.52. The van der Waals surface area contributed by atoms with Gasteiger partial charge in [-0.05, 0) is 61.8 Å². The molecule has 0 fully saturated rings. The Morgan fingerprint density at radius 3 is 2.07 bits per heavy atom. The van der Waals surface area contributed by atoms with Gasteiger partial charge in [0.2, 0.25) is 0 Å². The molecule has 0 saturated carbocycles. The Hall–Kier alpha value is -2.65. The molecule has 1 aliphatic heterocycles. The van der Waals surface area contributed by atoms with E-state index in [-0.39, 0.29) is 11.0 Å². The van der Waals surface area contributed by atoms with E-state index >= 15 is 0 Å². The summed E-state index contributed by atoms with van der Waals surface area (Å²) in [6.07, 6.45) is 0.970. The minimum Gasteiger partial charge on any atom is -0.332 e. The summed E-state index contributed by atoms with van der Waals surface area (Å²) in [6.45, 7) is 6.92. The van der Waals surface area contributed by atoms with E-state index in [0.29, 0.717) is 0 Å². The first-order valence-electron chi connectivity index (χ1n) is 9.73. The van der Waals surface area contributed by atoms with Crippen molar-refractivity contribution in [3.05, 3.63) is 96.1 Å². The maximum absolute atomic E-state index is 5.89. The van der Waals surface area contributed by atoms with Gasteiger partial charge in [0, 0.05) is 22.3 Å². The van der Waals surface area contributed by atoms with Crippen molar-refractivity contribution in [2.24, 2.45) is 0 Å². The van der Waals surface area contributed by atoms with E-state index in [0.717, 1.165) is 17.2 Å². The van der Waals surface area contributed by atoms with Crippen molar-refractivity contribution in [2.75, 3.05) is 10.2 Å². The Morgan fingerprint density at radius 2 is 1.39 bits per heavy atom. The monoisotopic (exact) mass is 386 g/mol. The highest BCUT2D eigenvalue weighted by atomic mass is 32.1. The van der Waals surface area contributed by atoms with E-state index in [1.54, 1.807) is 0 Å². The molecule has 2 nitrogen and oxygen atoms in total. The number of para-hydroxylation sites is 2. The minimum atomic E-state index is -0.141. The summed E-state index contributed by atoms with van der Waals surface area (Å²) in [4.78, 5) is 2.29. The molecule has 0 aliphatic carbocycles. The number of hydrogen-bond donors (Lipinski definition) is 1. The molecule has 3 heteroatoms. The number of thiocarbonyl (C=S) groups is 1. The molecule has 0 spiro atoms. The Bertz CT molecular complexity index is 982. The molecule has 0 radical (unpaired) electrons. The van der Waals surface area contributed by atoms with Crippen molar-refractivity contribution in [3.8, 4) is 0 Å². The Labute approximate surface area is 173 Å². The zero-order valence-corrected chi connectivity index (χ0v) is 17.5. The van der Waals surface area contributed by atoms with E-state index in [1.807, 2.05) is 30.3 Å². The van der Waals surface area contributed by atoms with Crippen LogP contribution in [0.5, 0.6) is 0 Å². The highest BCUT2D eigenvalue weighted by Gasteiger charge is 2.46. The molecule has 0 amide bonds. The fourth-order valence-corrected chi connectivity index (χ4v) is 5.11. The van der Waals surface area contributed by atoms with Crippen molar-refractivity contribution in [2.45, 2.75) is 38.1 Å². The lowest BCUT2D eigenvalue weighted by molar-refractivity contribution is 0.351. The topological polar surface area (TPSA) is 15.3 Å². The normalized spacial score (nSPS) is 20.3. The molecule has 28 heavy (non-hydrogen) atoms. The van der Waals surface area contributed by atoms with Crippen LogP contribution in [0, 0.1) is 0 Å². The second-order valence-corrected chi connectivity index (χ2v) is 8.72. The molecule has 3 aromatic carbocycles. The van der Waals surface area contributed by atoms with Gasteiger partial charge < -0.3 is 10.2 Å². The molecule has 1 heterocycles. The van der Waals surface area contributed by atoms with Gasteiger partial charge in [0.1, 0.15) is 0 Å². The SMILES string of the molecule is CC1(C)C[C@@](C)(c2ccccc2)c2ccccc2N1C(=S)Nc1ccccc1. The molecule has 1 N–H and O–H groups in total. The molecule has 0 saturated heterocycles. The van der Waals surface area contributed by atoms with Gasteiger partial charge in [-0.15, -0.1) is 0 Å². The third-order valence-electron chi connectivity index (χ3n) is 5.77. The molecule has 1 atom stereocenters. The number of anilines is 2. The van der Waals surface area contributed by atoms with Crippen LogP contribution in [0.2, 0.25) is 0 Å². The van der Waals surface area contributed by atoms with Gasteiger partial charge in [0.05, 0.1) is 0 Å². The van der Waals surface area contributed by atoms with Crippen molar-refractivity contribution in [1.82, 2.24) is 0 Å². The standard InChI is InChI=1S/C25H26N2S/c1-24(2)18-25(3,19-12-6-4-7-13-19)21-16-10-11-17-22(21)27(24)23(28)26-20-14-8-5-9-15-20/h4-17H,18H2,1-3H3,(H,26,28)/t25-/m0/s1. The summed E-state index contributed by atoms with van der Waals surface area (Å²) in [5.74, 6) is 0. The fourth-order valence-electron chi connectivity index (χ4n) is 4.65. The first kappa shape index (κ1) is 18.7. The van der Waals surface area contributed by atoms with Gasteiger partial charge in [-0.25, -0.2) is 0 Å². The van der Waals surface area contributed by atoms with Crippen LogP contribution < -0.4 is 10.2 Å². The van der Waals surface area contributed by atoms with Gasteiger partial charge in [0.25, 0.3) is 0 Å². The van der Waals surface area contributed by atoms with E-state index in [9.17, 15) is 0 Å². The average molecular weight is 387 g/mol. The number of benzene rings is 3. The van der Waals surface area contributed by atoms with Crippen LogP contribution in [0.15, 0.2) is 84.9 Å². The molecule has 0 aromatic heterocycles. The van der Waals surface area contributed by atoms with Crippen molar-refractivity contribution >= 4 is 28.7 Å². The van der Waals surface area contributed by atoms with Gasteiger partial charge in [-0.2, -0.15) is 0 Å². The summed E-state index contributed by atoms with van der Waals surface area (Å²) in [6, 6.07) is 29.6. The highest BCUT2D eigenvalue weighted by molar-refractivity contribution is 7.80. The quantitative estimate of drug-likeness (QED) is 0.515. The zero-order chi connectivity index (χ0) is 19.8. The maximum Gasteiger partial charge on any atom is 0.178 e. The van der Waals surface area contributed by atoms with Crippen molar-refractivity contribution < 1.29 is 0 Å².